The van der Waals surface area contributed by atoms with Gasteiger partial charge in [-0.25, -0.2) is 0 Å². The number of benzene rings is 1. The number of allylic oxidation sites excluding steroid dienone is 1. The molecule has 0 aliphatic carbocycles. The van der Waals surface area contributed by atoms with Crippen molar-refractivity contribution in [1.82, 2.24) is 9.88 Å². The molecule has 1 N–H and O–H groups in total. The van der Waals surface area contributed by atoms with Crippen molar-refractivity contribution < 1.29 is 9.59 Å². The number of unbranched alkanes of at least 4 members (excludes halogenated alkanes) is 2. The Hall–Kier alpha value is -2.80. The molecule has 0 aliphatic rings. The van der Waals surface area contributed by atoms with Gasteiger partial charge in [0.1, 0.15) is 0 Å². The summed E-state index contributed by atoms with van der Waals surface area (Å²) >= 11 is 0. The van der Waals surface area contributed by atoms with Gasteiger partial charge in [0, 0.05) is 24.5 Å². The van der Waals surface area contributed by atoms with Crippen molar-refractivity contribution in [2.24, 2.45) is 0 Å². The number of aromatic nitrogens is 1. The highest BCUT2D eigenvalue weighted by atomic mass is 16.2. The average Bonchev–Trinajstić information content (AvgIpc) is 2.93. The molecule has 1 heterocycles. The Labute approximate surface area is 129 Å². The number of carbonyl (C=O) groups is 2. The van der Waals surface area contributed by atoms with Gasteiger partial charge in [-0.15, -0.1) is 12.3 Å². The summed E-state index contributed by atoms with van der Waals surface area (Å²) in [6, 6.07) is 7.31. The first-order valence-electron chi connectivity index (χ1n) is 7.17. The largest absolute Gasteiger partial charge is 0.352 e. The molecule has 0 saturated carbocycles. The molecule has 0 spiro atoms. The minimum atomic E-state index is -0.260. The van der Waals surface area contributed by atoms with Crippen molar-refractivity contribution in [3.05, 3.63) is 48.7 Å². The van der Waals surface area contributed by atoms with Crippen molar-refractivity contribution >= 4 is 22.7 Å². The van der Waals surface area contributed by atoms with Crippen molar-refractivity contribution in [3.8, 4) is 12.3 Å². The number of amides is 1. The Morgan fingerprint density at radius 3 is 2.82 bits per heavy atom. The number of hydrogen-bond acceptors (Lipinski definition) is 2. The molecule has 112 valence electrons. The predicted molar refractivity (Wildman–Crippen MR) is 87.8 cm³/mol. The van der Waals surface area contributed by atoms with E-state index in [1.165, 1.54) is 10.6 Å². The normalized spacial score (nSPS) is 10.1. The maximum atomic E-state index is 12.3. The van der Waals surface area contributed by atoms with Crippen molar-refractivity contribution in [2.75, 3.05) is 6.54 Å². The van der Waals surface area contributed by atoms with Gasteiger partial charge in [-0.3, -0.25) is 14.2 Å². The van der Waals surface area contributed by atoms with Crippen molar-refractivity contribution in [1.29, 1.82) is 0 Å². The second kappa shape index (κ2) is 7.28. The molecule has 1 aromatic carbocycles. The van der Waals surface area contributed by atoms with Gasteiger partial charge in [0.25, 0.3) is 11.8 Å². The molecule has 0 aliphatic heterocycles. The van der Waals surface area contributed by atoms with E-state index in [-0.39, 0.29) is 11.8 Å². The van der Waals surface area contributed by atoms with E-state index in [9.17, 15) is 9.59 Å². The highest BCUT2D eigenvalue weighted by Gasteiger charge is 2.16. The number of nitrogens with one attached hydrogen (secondary N) is 1. The summed E-state index contributed by atoms with van der Waals surface area (Å²) in [6.45, 7) is 4.05. The standard InChI is InChI=1S/C18H18N2O2/c1-3-5-6-9-12-19-18(22)15-13-20(17(21)4-2)16-11-8-7-10-14(15)16/h1,4,7-8,10-11,13H,2,5-6,9,12H2,(H,19,22). The summed E-state index contributed by atoms with van der Waals surface area (Å²) < 4.78 is 1.44. The monoisotopic (exact) mass is 294 g/mol. The summed E-state index contributed by atoms with van der Waals surface area (Å²) in [4.78, 5) is 24.2. The topological polar surface area (TPSA) is 51.1 Å². The van der Waals surface area contributed by atoms with Crippen LogP contribution in [0, 0.1) is 12.3 Å². The van der Waals surface area contributed by atoms with E-state index in [1.807, 2.05) is 18.2 Å². The smallest absolute Gasteiger partial charge is 0.254 e. The number of nitrogens with zero attached hydrogens (tertiary/aromatic N) is 1. The Morgan fingerprint density at radius 1 is 1.32 bits per heavy atom. The van der Waals surface area contributed by atoms with Gasteiger partial charge in [-0.1, -0.05) is 24.8 Å². The molecule has 2 rings (SSSR count). The van der Waals surface area contributed by atoms with Crippen LogP contribution in [0.25, 0.3) is 10.9 Å². The molecular formula is C18H18N2O2. The minimum Gasteiger partial charge on any atom is -0.352 e. The van der Waals surface area contributed by atoms with Crippen LogP contribution in [-0.4, -0.2) is 22.9 Å². The number of para-hydroxylation sites is 1. The summed E-state index contributed by atoms with van der Waals surface area (Å²) in [5, 5.41) is 3.61. The Bertz CT molecular complexity index is 750. The number of carbonyl (C=O) groups excluding carboxylic acids is 2. The molecule has 0 atom stereocenters. The molecule has 0 fully saturated rings. The van der Waals surface area contributed by atoms with E-state index in [2.05, 4.69) is 17.8 Å². The maximum absolute atomic E-state index is 12.3. The van der Waals surface area contributed by atoms with Crippen LogP contribution in [-0.2, 0) is 0 Å². The van der Waals surface area contributed by atoms with Gasteiger partial charge in [0.2, 0.25) is 0 Å². The van der Waals surface area contributed by atoms with Crippen LogP contribution in [0.5, 0.6) is 0 Å². The molecule has 4 heteroatoms. The molecule has 4 nitrogen and oxygen atoms in total. The Morgan fingerprint density at radius 2 is 2.09 bits per heavy atom. The van der Waals surface area contributed by atoms with Gasteiger partial charge in [0.05, 0.1) is 11.1 Å². The third kappa shape index (κ3) is 3.26. The zero-order valence-electron chi connectivity index (χ0n) is 12.3. The summed E-state index contributed by atoms with van der Waals surface area (Å²) in [6.07, 6.45) is 10.4. The molecule has 1 amide bonds. The van der Waals surface area contributed by atoms with Crippen molar-refractivity contribution in [2.45, 2.75) is 19.3 Å². The van der Waals surface area contributed by atoms with Crippen molar-refractivity contribution in [3.63, 3.8) is 0 Å². The quantitative estimate of drug-likeness (QED) is 0.506. The lowest BCUT2D eigenvalue weighted by molar-refractivity contribution is 0.0954. The highest BCUT2D eigenvalue weighted by molar-refractivity contribution is 6.10. The highest BCUT2D eigenvalue weighted by Crippen LogP contribution is 2.21. The van der Waals surface area contributed by atoms with Gasteiger partial charge in [-0.2, -0.15) is 0 Å². The van der Waals surface area contributed by atoms with E-state index in [4.69, 9.17) is 6.42 Å². The fourth-order valence-electron chi connectivity index (χ4n) is 2.29. The van der Waals surface area contributed by atoms with Crippen LogP contribution >= 0.6 is 0 Å². The lowest BCUT2D eigenvalue weighted by Crippen LogP contribution is -2.24. The number of fused-ring (bicyclic) bond motifs is 1. The molecule has 0 radical (unpaired) electrons. The fourth-order valence-corrected chi connectivity index (χ4v) is 2.29. The fraction of sp³-hybridized carbons (Fsp3) is 0.222. The average molecular weight is 294 g/mol. The number of hydrogen-bond donors (Lipinski definition) is 1. The van der Waals surface area contributed by atoms with Crippen LogP contribution in [0.4, 0.5) is 0 Å². The van der Waals surface area contributed by atoms with E-state index < -0.39 is 0 Å². The van der Waals surface area contributed by atoms with Gasteiger partial charge in [0.15, 0.2) is 0 Å². The lowest BCUT2D eigenvalue weighted by Gasteiger charge is -2.03. The Kier molecular flexibility index (Phi) is 5.16. The third-order valence-electron chi connectivity index (χ3n) is 3.40. The van der Waals surface area contributed by atoms with Gasteiger partial charge >= 0.3 is 0 Å². The lowest BCUT2D eigenvalue weighted by atomic mass is 10.1. The molecule has 2 aromatic rings. The summed E-state index contributed by atoms with van der Waals surface area (Å²) in [7, 11) is 0. The van der Waals surface area contributed by atoms with Crippen LogP contribution in [0.2, 0.25) is 0 Å². The molecule has 0 saturated heterocycles. The maximum Gasteiger partial charge on any atom is 0.254 e. The van der Waals surface area contributed by atoms with E-state index in [1.54, 1.807) is 12.3 Å². The third-order valence-corrected chi connectivity index (χ3v) is 3.40. The molecule has 1 aromatic heterocycles. The van der Waals surface area contributed by atoms with Crippen LogP contribution in [0.15, 0.2) is 43.1 Å². The molecule has 22 heavy (non-hydrogen) atoms. The summed E-state index contributed by atoms with van der Waals surface area (Å²) in [5.41, 5.74) is 1.19. The molecule has 0 bridgehead atoms. The van der Waals surface area contributed by atoms with E-state index >= 15 is 0 Å². The molecular weight excluding hydrogens is 276 g/mol. The van der Waals surface area contributed by atoms with E-state index in [0.29, 0.717) is 24.0 Å². The second-order valence-electron chi connectivity index (χ2n) is 4.89. The number of rotatable bonds is 6. The zero-order valence-corrected chi connectivity index (χ0v) is 12.3. The van der Waals surface area contributed by atoms with Gasteiger partial charge in [-0.05, 0) is 25.0 Å². The summed E-state index contributed by atoms with van der Waals surface area (Å²) in [5.74, 6) is 2.12. The second-order valence-corrected chi connectivity index (χ2v) is 4.89. The van der Waals surface area contributed by atoms with Crippen LogP contribution < -0.4 is 5.32 Å². The van der Waals surface area contributed by atoms with E-state index in [0.717, 1.165) is 18.2 Å². The van der Waals surface area contributed by atoms with Crippen LogP contribution in [0.3, 0.4) is 0 Å². The molecule has 0 unspecified atom stereocenters. The first kappa shape index (κ1) is 15.6. The SMILES string of the molecule is C#CCCCCNC(=O)c1cn(C(=O)C=C)c2ccccc12. The zero-order chi connectivity index (χ0) is 15.9. The first-order valence-corrected chi connectivity index (χ1v) is 7.17. The first-order chi connectivity index (χ1) is 10.7. The van der Waals surface area contributed by atoms with Crippen LogP contribution in [0.1, 0.15) is 34.4 Å². The predicted octanol–water partition coefficient (Wildman–Crippen LogP) is 3.00. The minimum absolute atomic E-state index is 0.187. The van der Waals surface area contributed by atoms with Gasteiger partial charge < -0.3 is 5.32 Å². The number of terminal acetylenes is 1. The Balaban J connectivity index is 2.20.